The van der Waals surface area contributed by atoms with Crippen LogP contribution in [0, 0.1) is 10.8 Å². The van der Waals surface area contributed by atoms with E-state index in [0.717, 1.165) is 24.8 Å². The average Bonchev–Trinajstić information content (AvgIpc) is 3.31. The van der Waals surface area contributed by atoms with E-state index in [0.29, 0.717) is 19.6 Å². The van der Waals surface area contributed by atoms with E-state index in [2.05, 4.69) is 5.32 Å². The number of carbonyl (C=O) groups is 2. The summed E-state index contributed by atoms with van der Waals surface area (Å²) in [6.45, 7) is 7.39. The Bertz CT molecular complexity index is 722. The van der Waals surface area contributed by atoms with E-state index >= 15 is 0 Å². The number of alkyl carbamates (subject to hydrolysis) is 1. The molecule has 1 aliphatic carbocycles. The number of nitrogens with zero attached hydrogens (tertiary/aromatic N) is 1. The summed E-state index contributed by atoms with van der Waals surface area (Å²) in [4.78, 5) is 26.1. The number of ether oxygens (including phenoxy) is 2. The Morgan fingerprint density at radius 3 is 2.41 bits per heavy atom. The van der Waals surface area contributed by atoms with Gasteiger partial charge in [-0.2, -0.15) is 0 Å². The van der Waals surface area contributed by atoms with Crippen LogP contribution in [0.4, 0.5) is 9.59 Å². The maximum absolute atomic E-state index is 12.3. The van der Waals surface area contributed by atoms with E-state index < -0.39 is 11.7 Å². The molecule has 29 heavy (non-hydrogen) atoms. The number of amides is 2. The monoisotopic (exact) mass is 404 g/mol. The molecule has 1 aromatic rings. The zero-order valence-electron chi connectivity index (χ0n) is 17.6. The first-order chi connectivity index (χ1) is 13.7. The van der Waals surface area contributed by atoms with Gasteiger partial charge < -0.3 is 24.8 Å². The van der Waals surface area contributed by atoms with Gasteiger partial charge in [-0.3, -0.25) is 0 Å². The first kappa shape index (κ1) is 21.4. The molecule has 0 bridgehead atoms. The van der Waals surface area contributed by atoms with Gasteiger partial charge >= 0.3 is 12.2 Å². The molecule has 2 N–H and O–H groups in total. The van der Waals surface area contributed by atoms with Crippen molar-refractivity contribution in [2.45, 2.75) is 52.2 Å². The third kappa shape index (κ3) is 5.01. The van der Waals surface area contributed by atoms with Crippen molar-refractivity contribution in [3.63, 3.8) is 0 Å². The molecule has 1 saturated heterocycles. The van der Waals surface area contributed by atoms with Crippen LogP contribution < -0.4 is 5.32 Å². The van der Waals surface area contributed by atoms with E-state index in [9.17, 15) is 14.7 Å². The molecule has 1 saturated carbocycles. The molecule has 1 atom stereocenters. The van der Waals surface area contributed by atoms with E-state index in [4.69, 9.17) is 9.47 Å². The molecule has 1 unspecified atom stereocenters. The van der Waals surface area contributed by atoms with E-state index in [1.807, 2.05) is 51.1 Å². The molecule has 1 aromatic carbocycles. The summed E-state index contributed by atoms with van der Waals surface area (Å²) >= 11 is 0. The van der Waals surface area contributed by atoms with E-state index in [1.165, 1.54) is 0 Å². The summed E-state index contributed by atoms with van der Waals surface area (Å²) in [6.07, 6.45) is 1.68. The Kier molecular flexibility index (Phi) is 6.08. The highest BCUT2D eigenvalue weighted by Crippen LogP contribution is 2.68. The molecule has 3 rings (SSSR count). The SMILES string of the molecule is CC(C)(C)OC(=O)N1CCC2(CC1)CC2(CO)CNC(=O)OCc1ccccc1. The van der Waals surface area contributed by atoms with E-state index in [1.54, 1.807) is 4.90 Å². The van der Waals surface area contributed by atoms with Crippen molar-refractivity contribution in [2.24, 2.45) is 10.8 Å². The second kappa shape index (κ2) is 8.22. The molecule has 2 amide bonds. The third-order valence-corrected chi connectivity index (χ3v) is 6.14. The quantitative estimate of drug-likeness (QED) is 0.786. The fraction of sp³-hybridized carbons (Fsp3) is 0.636. The molecule has 1 spiro atoms. The van der Waals surface area contributed by atoms with Crippen molar-refractivity contribution in [1.82, 2.24) is 10.2 Å². The van der Waals surface area contributed by atoms with Gasteiger partial charge in [0.15, 0.2) is 0 Å². The number of hydrogen-bond donors (Lipinski definition) is 2. The van der Waals surface area contributed by atoms with E-state index in [-0.39, 0.29) is 30.1 Å². The predicted octanol–water partition coefficient (Wildman–Crippen LogP) is 3.31. The number of benzene rings is 1. The van der Waals surface area contributed by atoms with Gasteiger partial charge in [-0.15, -0.1) is 0 Å². The Morgan fingerprint density at radius 1 is 1.17 bits per heavy atom. The maximum atomic E-state index is 12.3. The van der Waals surface area contributed by atoms with Gasteiger partial charge in [0.25, 0.3) is 0 Å². The Balaban J connectivity index is 1.46. The minimum atomic E-state index is -0.509. The molecule has 1 heterocycles. The summed E-state index contributed by atoms with van der Waals surface area (Å²) in [5.74, 6) is 0. The lowest BCUT2D eigenvalue weighted by atomic mass is 9.84. The number of rotatable bonds is 5. The molecule has 0 aromatic heterocycles. The van der Waals surface area contributed by atoms with Gasteiger partial charge in [0.1, 0.15) is 12.2 Å². The highest BCUT2D eigenvalue weighted by Gasteiger charge is 2.67. The van der Waals surface area contributed by atoms with Crippen LogP contribution in [0.5, 0.6) is 0 Å². The van der Waals surface area contributed by atoms with Gasteiger partial charge in [-0.1, -0.05) is 30.3 Å². The predicted molar refractivity (Wildman–Crippen MR) is 108 cm³/mol. The lowest BCUT2D eigenvalue weighted by Gasteiger charge is -2.36. The Hall–Kier alpha value is -2.28. The number of piperidine rings is 1. The smallest absolute Gasteiger partial charge is 0.410 e. The second-order valence-electron chi connectivity index (χ2n) is 9.28. The molecule has 160 valence electrons. The second-order valence-corrected chi connectivity index (χ2v) is 9.28. The molecular formula is C22H32N2O5. The fourth-order valence-corrected chi connectivity index (χ4v) is 4.30. The lowest BCUT2D eigenvalue weighted by molar-refractivity contribution is 0.0136. The molecule has 0 radical (unpaired) electrons. The Morgan fingerprint density at radius 2 is 1.83 bits per heavy atom. The number of nitrogens with one attached hydrogen (secondary N) is 1. The number of aliphatic hydroxyl groups excluding tert-OH is 1. The zero-order chi connectivity index (χ0) is 21.1. The highest BCUT2D eigenvalue weighted by atomic mass is 16.6. The van der Waals surface area contributed by atoms with Crippen LogP contribution in [-0.2, 0) is 16.1 Å². The molecule has 7 nitrogen and oxygen atoms in total. The van der Waals surface area contributed by atoms with Crippen LogP contribution in [0.1, 0.15) is 45.6 Å². The number of hydrogen-bond acceptors (Lipinski definition) is 5. The van der Waals surface area contributed by atoms with Crippen LogP contribution in [0.15, 0.2) is 30.3 Å². The molecule has 7 heteroatoms. The van der Waals surface area contributed by atoms with Crippen molar-refractivity contribution in [2.75, 3.05) is 26.2 Å². The van der Waals surface area contributed by atoms with Gasteiger partial charge in [0, 0.05) is 25.0 Å². The third-order valence-electron chi connectivity index (χ3n) is 6.14. The van der Waals surface area contributed by atoms with Crippen molar-refractivity contribution >= 4 is 12.2 Å². The average molecular weight is 405 g/mol. The minimum Gasteiger partial charge on any atom is -0.445 e. The molecule has 1 aliphatic heterocycles. The van der Waals surface area contributed by atoms with Crippen LogP contribution in [0.25, 0.3) is 0 Å². The van der Waals surface area contributed by atoms with Crippen LogP contribution in [0.2, 0.25) is 0 Å². The summed E-state index contributed by atoms with van der Waals surface area (Å²) in [5.41, 5.74) is 0.0492. The van der Waals surface area contributed by atoms with Crippen molar-refractivity contribution < 1.29 is 24.2 Å². The lowest BCUT2D eigenvalue weighted by Crippen LogP contribution is -2.44. The number of carbonyl (C=O) groups excluding carboxylic acids is 2. The maximum Gasteiger partial charge on any atom is 0.410 e. The first-order valence-corrected chi connectivity index (χ1v) is 10.2. The molecule has 2 fully saturated rings. The first-order valence-electron chi connectivity index (χ1n) is 10.2. The fourth-order valence-electron chi connectivity index (χ4n) is 4.30. The number of likely N-dealkylation sites (tertiary alicyclic amines) is 1. The Labute approximate surface area is 172 Å². The zero-order valence-corrected chi connectivity index (χ0v) is 17.6. The van der Waals surface area contributed by atoms with Crippen LogP contribution >= 0.6 is 0 Å². The largest absolute Gasteiger partial charge is 0.445 e. The normalized spacial score (nSPS) is 22.8. The summed E-state index contributed by atoms with van der Waals surface area (Å²) in [6, 6.07) is 9.51. The minimum absolute atomic E-state index is 0.0123. The standard InChI is InChI=1S/C22H32N2O5/c1-20(2,3)29-19(27)24-11-9-21(10-12-24)14-22(21,16-25)15-23-18(26)28-13-17-7-5-4-6-8-17/h4-8,25H,9-16H2,1-3H3,(H,23,26). The topological polar surface area (TPSA) is 88.1 Å². The van der Waals surface area contributed by atoms with Crippen LogP contribution in [-0.4, -0.2) is 54.0 Å². The highest BCUT2D eigenvalue weighted by molar-refractivity contribution is 5.68. The molecular weight excluding hydrogens is 372 g/mol. The van der Waals surface area contributed by atoms with Gasteiger partial charge in [0.2, 0.25) is 0 Å². The van der Waals surface area contributed by atoms with Crippen molar-refractivity contribution in [1.29, 1.82) is 0 Å². The van der Waals surface area contributed by atoms with Crippen molar-refractivity contribution in [3.05, 3.63) is 35.9 Å². The van der Waals surface area contributed by atoms with Gasteiger partial charge in [0.05, 0.1) is 6.61 Å². The number of aliphatic hydroxyl groups is 1. The summed E-state index contributed by atoms with van der Waals surface area (Å²) in [7, 11) is 0. The summed E-state index contributed by atoms with van der Waals surface area (Å²) in [5, 5.41) is 12.8. The summed E-state index contributed by atoms with van der Waals surface area (Å²) < 4.78 is 10.7. The van der Waals surface area contributed by atoms with Gasteiger partial charge in [-0.05, 0) is 51.0 Å². The van der Waals surface area contributed by atoms with Gasteiger partial charge in [-0.25, -0.2) is 9.59 Å². The van der Waals surface area contributed by atoms with Crippen LogP contribution in [0.3, 0.4) is 0 Å². The molecule has 2 aliphatic rings. The van der Waals surface area contributed by atoms with Crippen molar-refractivity contribution in [3.8, 4) is 0 Å².